The van der Waals surface area contributed by atoms with E-state index in [9.17, 15) is 4.79 Å². The van der Waals surface area contributed by atoms with Gasteiger partial charge in [0.15, 0.2) is 0 Å². The highest BCUT2D eigenvalue weighted by Gasteiger charge is 2.14. The quantitative estimate of drug-likeness (QED) is 0.743. The summed E-state index contributed by atoms with van der Waals surface area (Å²) in [6, 6.07) is 7.05. The van der Waals surface area contributed by atoms with E-state index >= 15 is 0 Å². The third kappa shape index (κ3) is 3.20. The lowest BCUT2D eigenvalue weighted by Gasteiger charge is -2.23. The van der Waals surface area contributed by atoms with Crippen LogP contribution < -0.4 is 10.6 Å². The number of para-hydroxylation sites is 1. The largest absolute Gasteiger partial charge is 0.478 e. The Balaban J connectivity index is 1.96. The smallest absolute Gasteiger partial charge is 0.337 e. The van der Waals surface area contributed by atoms with E-state index in [2.05, 4.69) is 10.6 Å². The van der Waals surface area contributed by atoms with E-state index in [1.165, 1.54) is 12.8 Å². The first kappa shape index (κ1) is 11.9. The number of benzene rings is 1. The Morgan fingerprint density at radius 3 is 3.00 bits per heavy atom. The Morgan fingerprint density at radius 2 is 2.29 bits per heavy atom. The van der Waals surface area contributed by atoms with Crippen LogP contribution in [-0.4, -0.2) is 30.7 Å². The number of carbonyl (C=O) groups is 1. The van der Waals surface area contributed by atoms with Crippen molar-refractivity contribution in [1.82, 2.24) is 5.32 Å². The van der Waals surface area contributed by atoms with Crippen LogP contribution in [0.5, 0.6) is 0 Å². The molecule has 1 aromatic carbocycles. The molecule has 1 saturated heterocycles. The third-order valence-corrected chi connectivity index (χ3v) is 3.14. The van der Waals surface area contributed by atoms with Gasteiger partial charge in [-0.2, -0.15) is 0 Å². The summed E-state index contributed by atoms with van der Waals surface area (Å²) in [5.74, 6) is -0.291. The van der Waals surface area contributed by atoms with Crippen molar-refractivity contribution in [3.63, 3.8) is 0 Å². The SMILES string of the molecule is O=C(O)c1ccccc1NCC1CCCNC1. The van der Waals surface area contributed by atoms with Crippen LogP contribution in [0.4, 0.5) is 5.69 Å². The molecule has 1 heterocycles. The maximum Gasteiger partial charge on any atom is 0.337 e. The highest BCUT2D eigenvalue weighted by Crippen LogP contribution is 2.17. The molecule has 1 atom stereocenters. The average molecular weight is 234 g/mol. The zero-order valence-corrected chi connectivity index (χ0v) is 9.78. The minimum Gasteiger partial charge on any atom is -0.478 e. The van der Waals surface area contributed by atoms with Crippen LogP contribution in [0.2, 0.25) is 0 Å². The molecule has 17 heavy (non-hydrogen) atoms. The Kier molecular flexibility index (Phi) is 3.98. The molecule has 1 aromatic rings. The first-order valence-electron chi connectivity index (χ1n) is 6.04. The molecule has 0 amide bonds. The molecular formula is C13H18N2O2. The summed E-state index contributed by atoms with van der Waals surface area (Å²) < 4.78 is 0. The lowest BCUT2D eigenvalue weighted by molar-refractivity contribution is 0.0698. The number of carboxylic acids is 1. The van der Waals surface area contributed by atoms with Crippen LogP contribution in [-0.2, 0) is 0 Å². The number of hydrogen-bond donors (Lipinski definition) is 3. The number of aromatic carboxylic acids is 1. The molecule has 0 radical (unpaired) electrons. The topological polar surface area (TPSA) is 61.4 Å². The summed E-state index contributed by atoms with van der Waals surface area (Å²) in [7, 11) is 0. The molecule has 4 nitrogen and oxygen atoms in total. The van der Waals surface area contributed by atoms with Crippen LogP contribution in [0.1, 0.15) is 23.2 Å². The molecule has 0 saturated carbocycles. The fourth-order valence-corrected chi connectivity index (χ4v) is 2.18. The van der Waals surface area contributed by atoms with Gasteiger partial charge in [0.25, 0.3) is 0 Å². The van der Waals surface area contributed by atoms with Gasteiger partial charge in [-0.15, -0.1) is 0 Å². The lowest BCUT2D eigenvalue weighted by atomic mass is 9.99. The summed E-state index contributed by atoms with van der Waals surface area (Å²) in [4.78, 5) is 11.0. The van der Waals surface area contributed by atoms with Crippen molar-refractivity contribution in [2.75, 3.05) is 25.0 Å². The number of nitrogens with one attached hydrogen (secondary N) is 2. The number of anilines is 1. The van der Waals surface area contributed by atoms with E-state index < -0.39 is 5.97 Å². The van der Waals surface area contributed by atoms with Crippen molar-refractivity contribution in [2.24, 2.45) is 5.92 Å². The van der Waals surface area contributed by atoms with E-state index in [1.54, 1.807) is 12.1 Å². The minimum atomic E-state index is -0.880. The van der Waals surface area contributed by atoms with Crippen molar-refractivity contribution in [1.29, 1.82) is 0 Å². The van der Waals surface area contributed by atoms with E-state index in [0.717, 1.165) is 19.6 Å². The predicted molar refractivity (Wildman–Crippen MR) is 67.5 cm³/mol. The number of rotatable bonds is 4. The van der Waals surface area contributed by atoms with E-state index in [-0.39, 0.29) is 0 Å². The summed E-state index contributed by atoms with van der Waals surface area (Å²) in [5.41, 5.74) is 1.06. The summed E-state index contributed by atoms with van der Waals surface area (Å²) in [6.45, 7) is 2.95. The van der Waals surface area contributed by atoms with Gasteiger partial charge in [0, 0.05) is 12.2 Å². The Labute approximate surface area is 101 Å². The molecule has 4 heteroatoms. The van der Waals surface area contributed by atoms with E-state index in [1.807, 2.05) is 12.1 Å². The summed E-state index contributed by atoms with van der Waals surface area (Å²) in [5, 5.41) is 15.6. The second-order valence-electron chi connectivity index (χ2n) is 4.44. The van der Waals surface area contributed by atoms with E-state index in [4.69, 9.17) is 5.11 Å². The third-order valence-electron chi connectivity index (χ3n) is 3.14. The second kappa shape index (κ2) is 5.68. The van der Waals surface area contributed by atoms with Crippen LogP contribution in [0, 0.1) is 5.92 Å². The van der Waals surface area contributed by atoms with E-state index in [0.29, 0.717) is 17.2 Å². The number of carboxylic acid groups (broad SMARTS) is 1. The molecule has 3 N–H and O–H groups in total. The van der Waals surface area contributed by atoms with Gasteiger partial charge < -0.3 is 15.7 Å². The van der Waals surface area contributed by atoms with Crippen LogP contribution >= 0.6 is 0 Å². The van der Waals surface area contributed by atoms with Crippen molar-refractivity contribution < 1.29 is 9.90 Å². The van der Waals surface area contributed by atoms with Crippen LogP contribution in [0.25, 0.3) is 0 Å². The van der Waals surface area contributed by atoms with Gasteiger partial charge >= 0.3 is 5.97 Å². The zero-order chi connectivity index (χ0) is 12.1. The Morgan fingerprint density at radius 1 is 1.47 bits per heavy atom. The molecule has 1 aliphatic rings. The molecule has 0 spiro atoms. The van der Waals surface area contributed by atoms with Gasteiger partial charge in [-0.1, -0.05) is 12.1 Å². The van der Waals surface area contributed by atoms with Crippen molar-refractivity contribution in [2.45, 2.75) is 12.8 Å². The molecule has 0 aliphatic carbocycles. The fourth-order valence-electron chi connectivity index (χ4n) is 2.18. The highest BCUT2D eigenvalue weighted by atomic mass is 16.4. The molecular weight excluding hydrogens is 216 g/mol. The standard InChI is InChI=1S/C13H18N2O2/c16-13(17)11-5-1-2-6-12(11)15-9-10-4-3-7-14-8-10/h1-2,5-6,10,14-15H,3-4,7-9H2,(H,16,17). The van der Waals surface area contributed by atoms with Gasteiger partial charge in [-0.3, -0.25) is 0 Å². The van der Waals surface area contributed by atoms with Gasteiger partial charge in [0.05, 0.1) is 5.56 Å². The lowest BCUT2D eigenvalue weighted by Crippen LogP contribution is -2.33. The number of piperidine rings is 1. The fraction of sp³-hybridized carbons (Fsp3) is 0.462. The molecule has 0 aromatic heterocycles. The normalized spacial score (nSPS) is 19.9. The summed E-state index contributed by atoms with van der Waals surface area (Å²) >= 11 is 0. The van der Waals surface area contributed by atoms with Crippen LogP contribution in [0.15, 0.2) is 24.3 Å². The molecule has 2 rings (SSSR count). The Bertz CT molecular complexity index is 387. The number of hydrogen-bond acceptors (Lipinski definition) is 3. The first-order chi connectivity index (χ1) is 8.27. The van der Waals surface area contributed by atoms with Crippen molar-refractivity contribution in [3.8, 4) is 0 Å². The molecule has 1 fully saturated rings. The molecule has 1 aliphatic heterocycles. The minimum absolute atomic E-state index is 0.344. The zero-order valence-electron chi connectivity index (χ0n) is 9.78. The highest BCUT2D eigenvalue weighted by molar-refractivity contribution is 5.94. The van der Waals surface area contributed by atoms with Gasteiger partial charge in [-0.25, -0.2) is 4.79 Å². The van der Waals surface area contributed by atoms with Crippen molar-refractivity contribution in [3.05, 3.63) is 29.8 Å². The molecule has 0 bridgehead atoms. The summed E-state index contributed by atoms with van der Waals surface area (Å²) in [6.07, 6.45) is 2.40. The molecule has 92 valence electrons. The Hall–Kier alpha value is -1.55. The average Bonchev–Trinajstić information content (AvgIpc) is 2.38. The first-order valence-corrected chi connectivity index (χ1v) is 6.04. The van der Waals surface area contributed by atoms with Crippen molar-refractivity contribution >= 4 is 11.7 Å². The van der Waals surface area contributed by atoms with Gasteiger partial charge in [-0.05, 0) is 44.0 Å². The maximum absolute atomic E-state index is 11.0. The predicted octanol–water partition coefficient (Wildman–Crippen LogP) is 1.80. The molecule has 1 unspecified atom stereocenters. The van der Waals surface area contributed by atoms with Gasteiger partial charge in [0.2, 0.25) is 0 Å². The monoisotopic (exact) mass is 234 g/mol. The maximum atomic E-state index is 11.0. The second-order valence-corrected chi connectivity index (χ2v) is 4.44. The van der Waals surface area contributed by atoms with Crippen LogP contribution in [0.3, 0.4) is 0 Å². The van der Waals surface area contributed by atoms with Gasteiger partial charge in [0.1, 0.15) is 0 Å².